The number of carbonyl (C=O) groups excluding carboxylic acids is 4. The second kappa shape index (κ2) is 10.8. The van der Waals surface area contributed by atoms with E-state index in [-0.39, 0.29) is 47.6 Å². The second-order valence-corrected chi connectivity index (χ2v) is 9.23. The summed E-state index contributed by atoms with van der Waals surface area (Å²) in [6, 6.07) is 5.87. The van der Waals surface area contributed by atoms with Crippen LogP contribution in [-0.4, -0.2) is 58.0 Å². The Balaban J connectivity index is 1.54. The molecule has 174 valence electrons. The van der Waals surface area contributed by atoms with Gasteiger partial charge >= 0.3 is 0 Å². The van der Waals surface area contributed by atoms with Gasteiger partial charge in [-0.25, -0.2) is 0 Å². The predicted octanol–water partition coefficient (Wildman–Crippen LogP) is 1.42. The molecule has 2 unspecified atom stereocenters. The molecule has 9 heteroatoms. The molecule has 2 atom stereocenters. The zero-order valence-corrected chi connectivity index (χ0v) is 19.1. The van der Waals surface area contributed by atoms with E-state index in [9.17, 15) is 24.3 Å². The summed E-state index contributed by atoms with van der Waals surface area (Å²) in [7, 11) is 0. The molecular weight excluding hydrogens is 430 g/mol. The molecule has 1 saturated carbocycles. The molecule has 1 aromatic carbocycles. The molecule has 3 rings (SSSR count). The molecule has 4 amide bonds. The average Bonchev–Trinajstić information content (AvgIpc) is 3.01. The lowest BCUT2D eigenvalue weighted by Gasteiger charge is -2.31. The van der Waals surface area contributed by atoms with Gasteiger partial charge in [0.1, 0.15) is 11.8 Å². The number of phenols is 1. The van der Waals surface area contributed by atoms with E-state index in [4.69, 9.17) is 0 Å². The summed E-state index contributed by atoms with van der Waals surface area (Å²) in [6.45, 7) is 2.68. The van der Waals surface area contributed by atoms with Crippen molar-refractivity contribution in [2.75, 3.05) is 13.1 Å². The number of nitrogens with zero attached hydrogens (tertiary/aromatic N) is 1. The molecule has 0 bridgehead atoms. The Morgan fingerprint density at radius 1 is 1.16 bits per heavy atom. The topological polar surface area (TPSA) is 116 Å². The Hall–Kier alpha value is -2.55. The minimum atomic E-state index is -0.697. The number of hydrogen-bond donors (Lipinski definition) is 4. The molecule has 2 aliphatic rings. The molecule has 1 aliphatic carbocycles. The first-order chi connectivity index (χ1) is 15.3. The van der Waals surface area contributed by atoms with Crippen LogP contribution in [-0.2, 0) is 25.6 Å². The molecule has 2 fully saturated rings. The molecule has 1 aromatic rings. The average molecular weight is 462 g/mol. The van der Waals surface area contributed by atoms with Crippen molar-refractivity contribution in [3.63, 3.8) is 0 Å². The van der Waals surface area contributed by atoms with Crippen molar-refractivity contribution in [2.45, 2.75) is 56.7 Å². The van der Waals surface area contributed by atoms with Gasteiger partial charge < -0.3 is 15.7 Å². The number of nitrogens with one attached hydrogen (secondary N) is 2. The Bertz CT molecular complexity index is 852. The largest absolute Gasteiger partial charge is 0.508 e. The van der Waals surface area contributed by atoms with Crippen LogP contribution in [0.5, 0.6) is 5.75 Å². The van der Waals surface area contributed by atoms with Crippen molar-refractivity contribution >= 4 is 36.3 Å². The van der Waals surface area contributed by atoms with Crippen molar-refractivity contribution in [2.24, 2.45) is 11.8 Å². The number of rotatable bonds is 8. The van der Waals surface area contributed by atoms with E-state index in [1.807, 2.05) is 6.92 Å². The zero-order valence-electron chi connectivity index (χ0n) is 18.3. The van der Waals surface area contributed by atoms with Gasteiger partial charge in [-0.2, -0.15) is 12.6 Å². The summed E-state index contributed by atoms with van der Waals surface area (Å²) < 4.78 is 0. The first-order valence-electron chi connectivity index (χ1n) is 11.2. The zero-order chi connectivity index (χ0) is 23.3. The SMILES string of the molecule is CCNC(=O)C(Cc1ccc(O)cc1)NC(=O)C1CCC(CN2C(=O)CC(S)C2=O)CC1. The number of hydrogen-bond acceptors (Lipinski definition) is 6. The molecule has 32 heavy (non-hydrogen) atoms. The van der Waals surface area contributed by atoms with Crippen LogP contribution >= 0.6 is 12.6 Å². The summed E-state index contributed by atoms with van der Waals surface area (Å²) in [4.78, 5) is 50.8. The van der Waals surface area contributed by atoms with Gasteiger partial charge in [0.15, 0.2) is 0 Å². The Kier molecular flexibility index (Phi) is 8.17. The molecule has 1 saturated heterocycles. The number of imide groups is 1. The molecule has 0 spiro atoms. The lowest BCUT2D eigenvalue weighted by molar-refractivity contribution is -0.139. The van der Waals surface area contributed by atoms with Crippen LogP contribution in [0.1, 0.15) is 44.6 Å². The Morgan fingerprint density at radius 2 is 1.81 bits per heavy atom. The maximum absolute atomic E-state index is 12.9. The van der Waals surface area contributed by atoms with Crippen LogP contribution in [0, 0.1) is 11.8 Å². The summed E-state index contributed by atoms with van der Waals surface area (Å²) in [5.41, 5.74) is 0.838. The fourth-order valence-corrected chi connectivity index (χ4v) is 4.68. The summed E-state index contributed by atoms with van der Waals surface area (Å²) in [5.74, 6) is -0.665. The van der Waals surface area contributed by atoms with Crippen LogP contribution in [0.4, 0.5) is 0 Å². The molecule has 1 aliphatic heterocycles. The number of likely N-dealkylation sites (tertiary alicyclic amines) is 1. The maximum Gasteiger partial charge on any atom is 0.242 e. The Labute approximate surface area is 193 Å². The third-order valence-corrected chi connectivity index (χ3v) is 6.64. The Morgan fingerprint density at radius 3 is 2.38 bits per heavy atom. The van der Waals surface area contributed by atoms with Crippen molar-refractivity contribution < 1.29 is 24.3 Å². The van der Waals surface area contributed by atoms with E-state index in [2.05, 4.69) is 23.3 Å². The first kappa shape index (κ1) is 24.1. The fourth-order valence-electron chi connectivity index (χ4n) is 4.39. The van der Waals surface area contributed by atoms with Crippen molar-refractivity contribution in [1.29, 1.82) is 0 Å². The maximum atomic E-state index is 12.9. The smallest absolute Gasteiger partial charge is 0.242 e. The minimum Gasteiger partial charge on any atom is -0.508 e. The quantitative estimate of drug-likeness (QED) is 0.345. The van der Waals surface area contributed by atoms with Crippen LogP contribution in [0.3, 0.4) is 0 Å². The van der Waals surface area contributed by atoms with Crippen molar-refractivity contribution in [3.8, 4) is 5.75 Å². The summed E-state index contributed by atoms with van der Waals surface area (Å²) in [6.07, 6.45) is 3.28. The lowest BCUT2D eigenvalue weighted by atomic mass is 9.81. The van der Waals surface area contributed by atoms with E-state index in [1.165, 1.54) is 4.90 Å². The predicted molar refractivity (Wildman–Crippen MR) is 122 cm³/mol. The first-order valence-corrected chi connectivity index (χ1v) is 11.7. The van der Waals surface area contributed by atoms with Gasteiger partial charge in [-0.05, 0) is 56.2 Å². The van der Waals surface area contributed by atoms with Crippen molar-refractivity contribution in [3.05, 3.63) is 29.8 Å². The van der Waals surface area contributed by atoms with Crippen LogP contribution in [0.25, 0.3) is 0 Å². The molecule has 8 nitrogen and oxygen atoms in total. The number of phenolic OH excluding ortho intramolecular Hbond substituents is 1. The lowest BCUT2D eigenvalue weighted by Crippen LogP contribution is -2.50. The number of benzene rings is 1. The highest BCUT2D eigenvalue weighted by Gasteiger charge is 2.38. The van der Waals surface area contributed by atoms with E-state index < -0.39 is 11.3 Å². The van der Waals surface area contributed by atoms with Gasteiger partial charge in [-0.3, -0.25) is 24.1 Å². The number of amides is 4. The van der Waals surface area contributed by atoms with Gasteiger partial charge in [0.05, 0.1) is 5.25 Å². The van der Waals surface area contributed by atoms with E-state index in [1.54, 1.807) is 24.3 Å². The van der Waals surface area contributed by atoms with Crippen LogP contribution in [0.2, 0.25) is 0 Å². The van der Waals surface area contributed by atoms with Crippen molar-refractivity contribution in [1.82, 2.24) is 15.5 Å². The molecule has 0 radical (unpaired) electrons. The van der Waals surface area contributed by atoms with Crippen LogP contribution in [0.15, 0.2) is 24.3 Å². The van der Waals surface area contributed by atoms with Gasteiger partial charge in [-0.15, -0.1) is 0 Å². The third-order valence-electron chi connectivity index (χ3n) is 6.24. The van der Waals surface area contributed by atoms with E-state index >= 15 is 0 Å². The number of aromatic hydroxyl groups is 1. The number of carbonyl (C=O) groups is 4. The summed E-state index contributed by atoms with van der Waals surface area (Å²) in [5, 5.41) is 14.6. The number of likely N-dealkylation sites (N-methyl/N-ethyl adjacent to an activating group) is 1. The van der Waals surface area contributed by atoms with E-state index in [0.717, 1.165) is 18.4 Å². The minimum absolute atomic E-state index is 0.145. The number of thiol groups is 1. The second-order valence-electron chi connectivity index (χ2n) is 8.61. The highest BCUT2D eigenvalue weighted by molar-refractivity contribution is 7.81. The molecule has 1 heterocycles. The highest BCUT2D eigenvalue weighted by atomic mass is 32.1. The van der Waals surface area contributed by atoms with Gasteiger partial charge in [-0.1, -0.05) is 12.1 Å². The monoisotopic (exact) mass is 461 g/mol. The van der Waals surface area contributed by atoms with E-state index in [0.29, 0.717) is 32.4 Å². The third kappa shape index (κ3) is 6.03. The fraction of sp³-hybridized carbons (Fsp3) is 0.565. The van der Waals surface area contributed by atoms with Gasteiger partial charge in [0.25, 0.3) is 0 Å². The summed E-state index contributed by atoms with van der Waals surface area (Å²) >= 11 is 4.16. The molecule has 0 aromatic heterocycles. The van der Waals surface area contributed by atoms with Crippen LogP contribution < -0.4 is 10.6 Å². The van der Waals surface area contributed by atoms with Gasteiger partial charge in [0, 0.05) is 31.8 Å². The highest BCUT2D eigenvalue weighted by Crippen LogP contribution is 2.31. The molecule has 3 N–H and O–H groups in total. The standard InChI is InChI=1S/C23H31N3O5S/c1-2-24-22(30)18(11-14-5-9-17(27)10-6-14)25-21(29)16-7-3-15(4-8-16)13-26-20(28)12-19(32)23(26)31/h5-6,9-10,15-16,18-19,27,32H,2-4,7-8,11-13H2,1H3,(H,24,30)(H,25,29). The van der Waals surface area contributed by atoms with Gasteiger partial charge in [0.2, 0.25) is 23.6 Å². The normalized spacial score (nSPS) is 24.3. The molecular formula is C23H31N3O5S.